The third-order valence-corrected chi connectivity index (χ3v) is 4.47. The van der Waals surface area contributed by atoms with Crippen LogP contribution in [-0.2, 0) is 0 Å². The Bertz CT molecular complexity index is 600. The lowest BCUT2D eigenvalue weighted by Gasteiger charge is -2.37. The average Bonchev–Trinajstić information content (AvgIpc) is 2.90. The molecule has 0 saturated carbocycles. The zero-order valence-corrected chi connectivity index (χ0v) is 12.9. The molecule has 20 heavy (non-hydrogen) atoms. The predicted octanol–water partition coefficient (Wildman–Crippen LogP) is 2.04. The molecule has 2 aromatic heterocycles. The van der Waals surface area contributed by atoms with Crippen molar-refractivity contribution in [1.82, 2.24) is 24.7 Å². The number of halogens is 1. The van der Waals surface area contributed by atoms with Gasteiger partial charge in [0.1, 0.15) is 0 Å². The van der Waals surface area contributed by atoms with Gasteiger partial charge in [-0.1, -0.05) is 0 Å². The Kier molecular flexibility index (Phi) is 3.55. The molecule has 3 rings (SSSR count). The van der Waals surface area contributed by atoms with Crippen LogP contribution in [0.5, 0.6) is 0 Å². The van der Waals surface area contributed by atoms with Gasteiger partial charge in [-0.25, -0.2) is 4.68 Å². The Morgan fingerprint density at radius 2 is 2.05 bits per heavy atom. The van der Waals surface area contributed by atoms with E-state index >= 15 is 0 Å². The van der Waals surface area contributed by atoms with Crippen molar-refractivity contribution in [2.24, 2.45) is 0 Å². The number of rotatable bonds is 2. The molecule has 0 bridgehead atoms. The minimum Gasteiger partial charge on any atom is -0.338 e. The van der Waals surface area contributed by atoms with Crippen molar-refractivity contribution in [3.8, 4) is 5.95 Å². The third kappa shape index (κ3) is 2.88. The van der Waals surface area contributed by atoms with Crippen molar-refractivity contribution in [2.45, 2.75) is 18.6 Å². The van der Waals surface area contributed by atoms with E-state index in [9.17, 15) is 0 Å². The van der Waals surface area contributed by atoms with Gasteiger partial charge in [0.25, 0.3) is 5.95 Å². The maximum Gasteiger partial charge on any atom is 0.256 e. The smallest absolute Gasteiger partial charge is 0.256 e. The largest absolute Gasteiger partial charge is 0.338 e. The fraction of sp³-hybridized carbons (Fsp3) is 0.500. The van der Waals surface area contributed by atoms with Crippen LogP contribution in [0.1, 0.15) is 13.8 Å². The first-order valence-corrected chi connectivity index (χ1v) is 7.70. The SMILES string of the molecule is CC1(C)CN(c2nc(Cl)nc(-n3cccn3)n2)CCS1. The molecule has 0 N–H and O–H groups in total. The molecule has 1 aliphatic rings. The average molecular weight is 311 g/mol. The normalized spacial score (nSPS) is 18.2. The first-order chi connectivity index (χ1) is 9.53. The van der Waals surface area contributed by atoms with Crippen molar-refractivity contribution in [3.63, 3.8) is 0 Å². The van der Waals surface area contributed by atoms with Crippen LogP contribution in [0.15, 0.2) is 18.5 Å². The van der Waals surface area contributed by atoms with Crippen molar-refractivity contribution >= 4 is 29.3 Å². The Morgan fingerprint density at radius 1 is 1.25 bits per heavy atom. The number of nitrogens with zero attached hydrogens (tertiary/aromatic N) is 6. The summed E-state index contributed by atoms with van der Waals surface area (Å²) in [7, 11) is 0. The first kappa shape index (κ1) is 13.6. The Hall–Kier alpha value is -1.34. The van der Waals surface area contributed by atoms with E-state index in [1.165, 1.54) is 0 Å². The molecular weight excluding hydrogens is 296 g/mol. The number of hydrogen-bond donors (Lipinski definition) is 0. The van der Waals surface area contributed by atoms with Crippen LogP contribution >= 0.6 is 23.4 Å². The van der Waals surface area contributed by atoms with Crippen LogP contribution in [0.4, 0.5) is 5.95 Å². The van der Waals surface area contributed by atoms with Crippen molar-refractivity contribution in [1.29, 1.82) is 0 Å². The van der Waals surface area contributed by atoms with Gasteiger partial charge in [-0.3, -0.25) is 0 Å². The van der Waals surface area contributed by atoms with Crippen LogP contribution in [0.25, 0.3) is 5.95 Å². The highest BCUT2D eigenvalue weighted by molar-refractivity contribution is 8.00. The number of anilines is 1. The van der Waals surface area contributed by atoms with Crippen LogP contribution in [0, 0.1) is 0 Å². The molecule has 106 valence electrons. The van der Waals surface area contributed by atoms with Gasteiger partial charge in [0.15, 0.2) is 0 Å². The molecule has 2 aromatic rings. The van der Waals surface area contributed by atoms with Gasteiger partial charge in [-0.15, -0.1) is 0 Å². The molecule has 3 heterocycles. The second kappa shape index (κ2) is 5.21. The summed E-state index contributed by atoms with van der Waals surface area (Å²) in [5, 5.41) is 4.32. The van der Waals surface area contributed by atoms with Crippen molar-refractivity contribution < 1.29 is 0 Å². The van der Waals surface area contributed by atoms with E-state index < -0.39 is 0 Å². The Balaban J connectivity index is 1.94. The third-order valence-electron chi connectivity index (χ3n) is 3.00. The summed E-state index contributed by atoms with van der Waals surface area (Å²) in [5.41, 5.74) is 0. The molecule has 6 nitrogen and oxygen atoms in total. The van der Waals surface area contributed by atoms with Crippen LogP contribution in [0.3, 0.4) is 0 Å². The van der Waals surface area contributed by atoms with E-state index in [0.717, 1.165) is 18.8 Å². The zero-order chi connectivity index (χ0) is 14.2. The second-order valence-electron chi connectivity index (χ2n) is 5.18. The zero-order valence-electron chi connectivity index (χ0n) is 11.3. The van der Waals surface area contributed by atoms with Gasteiger partial charge in [0, 0.05) is 36.0 Å². The molecule has 1 saturated heterocycles. The number of hydrogen-bond acceptors (Lipinski definition) is 6. The summed E-state index contributed by atoms with van der Waals surface area (Å²) in [5.74, 6) is 2.11. The van der Waals surface area contributed by atoms with Gasteiger partial charge < -0.3 is 4.90 Å². The van der Waals surface area contributed by atoms with Gasteiger partial charge in [0.2, 0.25) is 11.2 Å². The van der Waals surface area contributed by atoms with E-state index in [2.05, 4.69) is 38.8 Å². The van der Waals surface area contributed by atoms with Crippen LogP contribution in [-0.4, -0.2) is 48.3 Å². The van der Waals surface area contributed by atoms with Crippen molar-refractivity contribution in [3.05, 3.63) is 23.7 Å². The minimum atomic E-state index is 0.184. The topological polar surface area (TPSA) is 59.7 Å². The lowest BCUT2D eigenvalue weighted by atomic mass is 10.2. The number of aromatic nitrogens is 5. The molecule has 0 amide bonds. The standard InChI is InChI=1S/C12H15ClN6S/c1-12(2)8-18(6-7-20-12)10-15-9(13)16-11(17-10)19-5-3-4-14-19/h3-5H,6-8H2,1-2H3. The Morgan fingerprint density at radius 3 is 2.75 bits per heavy atom. The van der Waals surface area contributed by atoms with Crippen LogP contribution in [0.2, 0.25) is 5.28 Å². The van der Waals surface area contributed by atoms with E-state index in [-0.39, 0.29) is 10.0 Å². The first-order valence-electron chi connectivity index (χ1n) is 6.34. The van der Waals surface area contributed by atoms with E-state index in [1.54, 1.807) is 17.1 Å². The van der Waals surface area contributed by atoms with Gasteiger partial charge in [0.05, 0.1) is 0 Å². The highest BCUT2D eigenvalue weighted by Gasteiger charge is 2.29. The molecule has 0 aliphatic carbocycles. The molecule has 8 heteroatoms. The quantitative estimate of drug-likeness (QED) is 0.846. The van der Waals surface area contributed by atoms with Crippen molar-refractivity contribution in [2.75, 3.05) is 23.7 Å². The molecule has 0 unspecified atom stereocenters. The lowest BCUT2D eigenvalue weighted by Crippen LogP contribution is -2.44. The predicted molar refractivity (Wildman–Crippen MR) is 80.7 cm³/mol. The molecule has 0 radical (unpaired) electrons. The molecule has 0 spiro atoms. The van der Waals surface area contributed by atoms with Gasteiger partial charge in [-0.2, -0.15) is 31.8 Å². The van der Waals surface area contributed by atoms with E-state index in [0.29, 0.717) is 11.9 Å². The molecule has 0 aromatic carbocycles. The molecule has 1 fully saturated rings. The highest BCUT2D eigenvalue weighted by Crippen LogP contribution is 2.31. The summed E-state index contributed by atoms with van der Waals surface area (Å²) >= 11 is 7.98. The fourth-order valence-corrected chi connectivity index (χ4v) is 3.41. The van der Waals surface area contributed by atoms with E-state index in [4.69, 9.17) is 11.6 Å². The van der Waals surface area contributed by atoms with E-state index in [1.807, 2.05) is 17.8 Å². The summed E-state index contributed by atoms with van der Waals surface area (Å²) in [6.45, 7) is 6.24. The maximum absolute atomic E-state index is 6.02. The highest BCUT2D eigenvalue weighted by atomic mass is 35.5. The summed E-state index contributed by atoms with van der Waals surface area (Å²) < 4.78 is 1.77. The maximum atomic E-state index is 6.02. The molecule has 0 atom stereocenters. The van der Waals surface area contributed by atoms with Crippen LogP contribution < -0.4 is 4.90 Å². The van der Waals surface area contributed by atoms with Gasteiger partial charge >= 0.3 is 0 Å². The summed E-state index contributed by atoms with van der Waals surface area (Å²) in [6.07, 6.45) is 3.46. The molecule has 1 aliphatic heterocycles. The summed E-state index contributed by atoms with van der Waals surface area (Å²) in [4.78, 5) is 15.0. The summed E-state index contributed by atoms with van der Waals surface area (Å²) in [6, 6.07) is 1.82. The monoisotopic (exact) mass is 310 g/mol. The number of thioether (sulfide) groups is 1. The lowest BCUT2D eigenvalue weighted by molar-refractivity contribution is 0.631. The fourth-order valence-electron chi connectivity index (χ4n) is 2.15. The second-order valence-corrected chi connectivity index (χ2v) is 7.32. The molecular formula is C12H15ClN6S. The van der Waals surface area contributed by atoms with Gasteiger partial charge in [-0.05, 0) is 31.5 Å². The minimum absolute atomic E-state index is 0.184. The Labute approximate surface area is 126 Å².